The average molecular weight is 359 g/mol. The van der Waals surface area contributed by atoms with E-state index < -0.39 is 0 Å². The number of nitrogens with one attached hydrogen (secondary N) is 1. The molecule has 1 fully saturated rings. The molecule has 0 spiro atoms. The highest BCUT2D eigenvalue weighted by Crippen LogP contribution is 2.25. The number of aromatic nitrogens is 4. The number of hydrogen-bond donors (Lipinski definition) is 1. The smallest absolute Gasteiger partial charge is 0.258 e. The summed E-state index contributed by atoms with van der Waals surface area (Å²) in [5.41, 5.74) is 5.29. The average Bonchev–Trinajstić information content (AvgIpc) is 3.07. The van der Waals surface area contributed by atoms with Crippen LogP contribution in [-0.2, 0) is 0 Å². The third kappa shape index (κ3) is 2.92. The molecule has 1 aliphatic rings. The van der Waals surface area contributed by atoms with Gasteiger partial charge in [-0.25, -0.2) is 9.97 Å². The maximum atomic E-state index is 12.8. The minimum Gasteiger partial charge on any atom is -0.317 e. The fourth-order valence-electron chi connectivity index (χ4n) is 3.93. The molecule has 0 aliphatic carbocycles. The van der Waals surface area contributed by atoms with E-state index in [1.54, 1.807) is 10.5 Å². The van der Waals surface area contributed by atoms with E-state index in [-0.39, 0.29) is 5.56 Å². The van der Waals surface area contributed by atoms with E-state index in [0.29, 0.717) is 17.3 Å². The van der Waals surface area contributed by atoms with Gasteiger partial charge in [-0.3, -0.25) is 9.20 Å². The van der Waals surface area contributed by atoms with E-state index in [0.717, 1.165) is 42.8 Å². The predicted molar refractivity (Wildman–Crippen MR) is 105 cm³/mol. The SMILES string of the molecule is Cc1cn2cc(-c3cc(=O)n4cc(C5CCNCC5)ccc4n3)ccc2n1. The number of hydrogen-bond acceptors (Lipinski definition) is 4. The summed E-state index contributed by atoms with van der Waals surface area (Å²) in [7, 11) is 0. The summed E-state index contributed by atoms with van der Waals surface area (Å²) in [6.45, 7) is 4.03. The Labute approximate surface area is 156 Å². The summed E-state index contributed by atoms with van der Waals surface area (Å²) in [5, 5.41) is 3.39. The van der Waals surface area contributed by atoms with E-state index >= 15 is 0 Å². The zero-order valence-electron chi connectivity index (χ0n) is 15.2. The molecule has 0 unspecified atom stereocenters. The Morgan fingerprint density at radius 2 is 1.81 bits per heavy atom. The molecule has 0 radical (unpaired) electrons. The highest BCUT2D eigenvalue weighted by atomic mass is 16.1. The first kappa shape index (κ1) is 16.2. The summed E-state index contributed by atoms with van der Waals surface area (Å²) in [6, 6.07) is 9.60. The van der Waals surface area contributed by atoms with Crippen molar-refractivity contribution >= 4 is 11.3 Å². The highest BCUT2D eigenvalue weighted by molar-refractivity contribution is 5.63. The van der Waals surface area contributed by atoms with Crippen LogP contribution in [0.4, 0.5) is 0 Å². The molecular weight excluding hydrogens is 338 g/mol. The third-order valence-corrected chi connectivity index (χ3v) is 5.36. The molecule has 136 valence electrons. The topological polar surface area (TPSA) is 63.7 Å². The van der Waals surface area contributed by atoms with Crippen LogP contribution in [0.25, 0.3) is 22.6 Å². The van der Waals surface area contributed by atoms with Gasteiger partial charge in [-0.05, 0) is 62.5 Å². The number of nitrogens with zero attached hydrogens (tertiary/aromatic N) is 4. The molecule has 6 heteroatoms. The Hall–Kier alpha value is -2.99. The lowest BCUT2D eigenvalue weighted by Gasteiger charge is -2.23. The molecule has 0 atom stereocenters. The van der Waals surface area contributed by atoms with Crippen molar-refractivity contribution in [3.05, 3.63) is 70.5 Å². The first-order valence-corrected chi connectivity index (χ1v) is 9.37. The largest absolute Gasteiger partial charge is 0.317 e. The van der Waals surface area contributed by atoms with Gasteiger partial charge in [-0.15, -0.1) is 0 Å². The van der Waals surface area contributed by atoms with Crippen molar-refractivity contribution in [2.45, 2.75) is 25.7 Å². The van der Waals surface area contributed by atoms with Gasteiger partial charge < -0.3 is 9.72 Å². The lowest BCUT2D eigenvalue weighted by molar-refractivity contribution is 0.459. The van der Waals surface area contributed by atoms with Crippen molar-refractivity contribution in [2.24, 2.45) is 0 Å². The maximum Gasteiger partial charge on any atom is 0.258 e. The van der Waals surface area contributed by atoms with Crippen LogP contribution >= 0.6 is 0 Å². The molecule has 0 bridgehead atoms. The van der Waals surface area contributed by atoms with Crippen LogP contribution in [0, 0.1) is 6.92 Å². The monoisotopic (exact) mass is 359 g/mol. The lowest BCUT2D eigenvalue weighted by atomic mass is 9.91. The molecule has 6 nitrogen and oxygen atoms in total. The van der Waals surface area contributed by atoms with E-state index in [2.05, 4.69) is 16.4 Å². The van der Waals surface area contributed by atoms with Gasteiger partial charge in [-0.1, -0.05) is 6.07 Å². The van der Waals surface area contributed by atoms with Gasteiger partial charge in [0.2, 0.25) is 0 Å². The molecule has 1 saturated heterocycles. The number of imidazole rings is 1. The third-order valence-electron chi connectivity index (χ3n) is 5.36. The van der Waals surface area contributed by atoms with Gasteiger partial charge in [0, 0.05) is 30.2 Å². The van der Waals surface area contributed by atoms with Crippen molar-refractivity contribution in [2.75, 3.05) is 13.1 Å². The number of aryl methyl sites for hydroxylation is 1. The zero-order chi connectivity index (χ0) is 18.4. The Balaban J connectivity index is 1.58. The highest BCUT2D eigenvalue weighted by Gasteiger charge is 2.16. The predicted octanol–water partition coefficient (Wildman–Crippen LogP) is 2.78. The van der Waals surface area contributed by atoms with E-state index in [9.17, 15) is 4.79 Å². The Kier molecular flexibility index (Phi) is 3.79. The number of piperidine rings is 1. The number of rotatable bonds is 2. The Morgan fingerprint density at radius 3 is 2.67 bits per heavy atom. The van der Waals surface area contributed by atoms with Gasteiger partial charge in [0.05, 0.1) is 11.4 Å². The van der Waals surface area contributed by atoms with Crippen molar-refractivity contribution in [3.63, 3.8) is 0 Å². The second kappa shape index (κ2) is 6.32. The van der Waals surface area contributed by atoms with Crippen LogP contribution in [0.2, 0.25) is 0 Å². The van der Waals surface area contributed by atoms with Crippen LogP contribution in [0.1, 0.15) is 30.0 Å². The fourth-order valence-corrected chi connectivity index (χ4v) is 3.93. The van der Waals surface area contributed by atoms with Crippen LogP contribution in [0.15, 0.2) is 53.7 Å². The van der Waals surface area contributed by atoms with Gasteiger partial charge in [0.25, 0.3) is 5.56 Å². The van der Waals surface area contributed by atoms with Crippen molar-refractivity contribution < 1.29 is 0 Å². The van der Waals surface area contributed by atoms with Crippen LogP contribution in [0.5, 0.6) is 0 Å². The molecule has 27 heavy (non-hydrogen) atoms. The Morgan fingerprint density at radius 1 is 1.00 bits per heavy atom. The lowest BCUT2D eigenvalue weighted by Crippen LogP contribution is -2.27. The molecule has 0 aromatic carbocycles. The second-order valence-corrected chi connectivity index (χ2v) is 7.26. The molecule has 0 amide bonds. The zero-order valence-corrected chi connectivity index (χ0v) is 15.2. The van der Waals surface area contributed by atoms with E-state index in [4.69, 9.17) is 4.98 Å². The van der Waals surface area contributed by atoms with Gasteiger partial charge in [0.15, 0.2) is 0 Å². The van der Waals surface area contributed by atoms with E-state index in [1.165, 1.54) is 5.56 Å². The summed E-state index contributed by atoms with van der Waals surface area (Å²) in [4.78, 5) is 21.9. The molecule has 1 N–H and O–H groups in total. The molecular formula is C21H21N5O. The van der Waals surface area contributed by atoms with Gasteiger partial charge >= 0.3 is 0 Å². The van der Waals surface area contributed by atoms with Crippen LogP contribution < -0.4 is 10.9 Å². The Bertz CT molecular complexity index is 1200. The van der Waals surface area contributed by atoms with Crippen molar-refractivity contribution in [1.82, 2.24) is 24.1 Å². The molecule has 0 saturated carbocycles. The van der Waals surface area contributed by atoms with Crippen LogP contribution in [0.3, 0.4) is 0 Å². The van der Waals surface area contributed by atoms with Crippen molar-refractivity contribution in [3.8, 4) is 11.3 Å². The van der Waals surface area contributed by atoms with Gasteiger partial charge in [0.1, 0.15) is 11.3 Å². The fraction of sp³-hybridized carbons (Fsp3) is 0.286. The second-order valence-electron chi connectivity index (χ2n) is 7.26. The normalized spacial score (nSPS) is 15.6. The molecule has 5 rings (SSSR count). The van der Waals surface area contributed by atoms with E-state index in [1.807, 2.05) is 48.1 Å². The van der Waals surface area contributed by atoms with Gasteiger partial charge in [-0.2, -0.15) is 0 Å². The molecule has 1 aliphatic heterocycles. The minimum absolute atomic E-state index is 0.0484. The standard InChI is InChI=1S/C21H21N5O/c1-14-11-25-12-17(3-4-19(25)23-14)18-10-21(27)26-13-16(2-5-20(26)24-18)15-6-8-22-9-7-15/h2-5,10-13,15,22H,6-9H2,1H3. The first-order valence-electron chi connectivity index (χ1n) is 9.37. The maximum absolute atomic E-state index is 12.8. The van der Waals surface area contributed by atoms with Crippen LogP contribution in [-0.4, -0.2) is 31.9 Å². The molecule has 4 aromatic heterocycles. The summed E-state index contributed by atoms with van der Waals surface area (Å²) in [5.74, 6) is 0.508. The number of fused-ring (bicyclic) bond motifs is 2. The first-order chi connectivity index (χ1) is 13.2. The summed E-state index contributed by atoms with van der Waals surface area (Å²) < 4.78 is 3.63. The number of pyridine rings is 2. The van der Waals surface area contributed by atoms with Crippen molar-refractivity contribution in [1.29, 1.82) is 0 Å². The molecule has 4 aromatic rings. The quantitative estimate of drug-likeness (QED) is 0.598. The molecule has 5 heterocycles. The summed E-state index contributed by atoms with van der Waals surface area (Å²) in [6.07, 6.45) is 8.12. The summed E-state index contributed by atoms with van der Waals surface area (Å²) >= 11 is 0. The minimum atomic E-state index is -0.0484.